The Bertz CT molecular complexity index is 5660. The third kappa shape index (κ3) is 10.0. The third-order valence-corrected chi connectivity index (χ3v) is 16.2. The zero-order valence-electron chi connectivity index (χ0n) is 59.1. The molecule has 6 heteroatoms. The third-order valence-electron chi connectivity index (χ3n) is 16.0. The summed E-state index contributed by atoms with van der Waals surface area (Å²) in [6.07, 6.45) is 0. The minimum absolute atomic E-state index is 0.0225. The molecule has 0 unspecified atom stereocenters. The van der Waals surface area contributed by atoms with Crippen LogP contribution in [0.5, 0.6) is 11.5 Å². The Morgan fingerprint density at radius 2 is 1.02 bits per heavy atom. The summed E-state index contributed by atoms with van der Waals surface area (Å²) in [4.78, 5) is 3.89. The summed E-state index contributed by atoms with van der Waals surface area (Å²) in [5.41, 5.74) is 10.9. The van der Waals surface area contributed by atoms with Gasteiger partial charge in [-0.05, 0) is 141 Å². The first-order chi connectivity index (χ1) is 47.7. The Kier molecular flexibility index (Phi) is 11.0. The highest BCUT2D eigenvalue weighted by Gasteiger charge is 2.30. The molecule has 2 aromatic heterocycles. The van der Waals surface area contributed by atoms with E-state index in [1.165, 1.54) is 6.07 Å². The molecule has 0 amide bonds. The number of nitrogens with zero attached hydrogens (tertiary/aromatic N) is 3. The zero-order chi connectivity index (χ0) is 68.9. The van der Waals surface area contributed by atoms with Gasteiger partial charge in [-0.1, -0.05) is 238 Å². The van der Waals surface area contributed by atoms with E-state index in [0.717, 1.165) is 49.7 Å². The number of fused-ring (bicyclic) bond motifs is 6. The van der Waals surface area contributed by atoms with Gasteiger partial charge in [0.15, 0.2) is 11.3 Å². The maximum atomic E-state index is 10.1. The predicted molar refractivity (Wildman–Crippen MR) is 369 cm³/mol. The molecule has 13 aromatic carbocycles. The van der Waals surface area contributed by atoms with Gasteiger partial charge in [0.1, 0.15) is 11.3 Å². The van der Waals surface area contributed by atoms with Crippen LogP contribution in [0, 0.1) is 0 Å². The first-order valence-electron chi connectivity index (χ1n) is 34.5. The van der Waals surface area contributed by atoms with Crippen LogP contribution in [-0.2, 0) is 5.41 Å². The summed E-state index contributed by atoms with van der Waals surface area (Å²) in [6, 6.07) is 73.8. The lowest BCUT2D eigenvalue weighted by Crippen LogP contribution is -2.19. The van der Waals surface area contributed by atoms with E-state index in [1.807, 2.05) is 204 Å². The van der Waals surface area contributed by atoms with Crippen molar-refractivity contribution in [2.75, 3.05) is 9.80 Å². The van der Waals surface area contributed by atoms with Crippen molar-refractivity contribution in [1.82, 2.24) is 4.57 Å². The van der Waals surface area contributed by atoms with Gasteiger partial charge in [0.2, 0.25) is 0 Å². The molecule has 0 atom stereocenters. The molecule has 0 aliphatic rings. The maximum Gasteiger partial charge on any atom is 0.159 e. The molecule has 0 spiro atoms. The quantitative estimate of drug-likeness (QED) is 0.115. The number of anilines is 6. The van der Waals surface area contributed by atoms with Crippen LogP contribution in [0.1, 0.15) is 41.4 Å². The highest BCUT2D eigenvalue weighted by atomic mass is 35.5. The van der Waals surface area contributed by atoms with E-state index in [2.05, 4.69) is 51.1 Å². The number of rotatable bonds is 13. The lowest BCUT2D eigenvalue weighted by molar-refractivity contribution is 0.484. The fourth-order valence-electron chi connectivity index (χ4n) is 11.9. The molecule has 0 aliphatic carbocycles. The molecule has 0 aliphatic heterocycles. The van der Waals surface area contributed by atoms with Crippen molar-refractivity contribution >= 4 is 89.5 Å². The second-order valence-electron chi connectivity index (χ2n) is 22.6. The van der Waals surface area contributed by atoms with Gasteiger partial charge in [-0.2, -0.15) is 0 Å². The summed E-state index contributed by atoms with van der Waals surface area (Å²) in [6.45, 7) is 6.30. The zero-order valence-corrected chi connectivity index (χ0v) is 48.9. The number of para-hydroxylation sites is 4. The van der Waals surface area contributed by atoms with Crippen LogP contribution in [0.4, 0.5) is 34.1 Å². The Morgan fingerprint density at radius 1 is 0.432 bits per heavy atom. The predicted octanol–water partition coefficient (Wildman–Crippen LogP) is 24.0. The molecule has 0 fully saturated rings. The number of halogens is 1. The van der Waals surface area contributed by atoms with Crippen LogP contribution in [0.25, 0.3) is 93.9 Å². The smallest absolute Gasteiger partial charge is 0.159 e. The molecule has 5 nitrogen and oxygen atoms in total. The number of benzene rings is 13. The molecule has 88 heavy (non-hydrogen) atoms. The molecule has 0 saturated heterocycles. The average molecular weight is 1170 g/mol. The van der Waals surface area contributed by atoms with Crippen LogP contribution in [0.3, 0.4) is 0 Å². The summed E-state index contributed by atoms with van der Waals surface area (Å²) >= 11 is 7.12. The Morgan fingerprint density at radius 3 is 1.73 bits per heavy atom. The summed E-state index contributed by atoms with van der Waals surface area (Å²) < 4.78 is 119. The Labute approximate surface area is 533 Å². The topological polar surface area (TPSA) is 33.8 Å². The molecule has 2 heterocycles. The molecule has 0 N–H and O–H groups in total. The van der Waals surface area contributed by atoms with E-state index in [-0.39, 0.29) is 62.4 Å². The molecular formula is C82H60ClN3O2. The number of furan rings is 1. The Balaban J connectivity index is 1.09. The minimum atomic E-state index is -0.657. The summed E-state index contributed by atoms with van der Waals surface area (Å²) in [5.74, 6) is 0.646. The highest BCUT2D eigenvalue weighted by molar-refractivity contribution is 6.31. The van der Waals surface area contributed by atoms with Crippen LogP contribution < -0.4 is 14.5 Å². The van der Waals surface area contributed by atoms with Crippen molar-refractivity contribution in [3.63, 3.8) is 0 Å². The fraction of sp³-hybridized carbons (Fsp3) is 0.0488. The van der Waals surface area contributed by atoms with E-state index < -0.39 is 47.7 Å². The molecular weight excluding hydrogens is 1090 g/mol. The molecule has 0 radical (unpaired) electrons. The van der Waals surface area contributed by atoms with Crippen molar-refractivity contribution in [2.45, 2.75) is 26.2 Å². The summed E-state index contributed by atoms with van der Waals surface area (Å²) in [5, 5.41) is 1.45. The number of hydrogen-bond donors (Lipinski definition) is 0. The number of ether oxygens (including phenoxy) is 1. The highest BCUT2D eigenvalue weighted by Crippen LogP contribution is 2.53. The van der Waals surface area contributed by atoms with Crippen LogP contribution in [0.2, 0.25) is 5.02 Å². The largest absolute Gasteiger partial charge is 0.455 e. The van der Waals surface area contributed by atoms with Crippen molar-refractivity contribution in [1.29, 1.82) is 0 Å². The van der Waals surface area contributed by atoms with E-state index in [4.69, 9.17) is 27.6 Å². The van der Waals surface area contributed by atoms with Gasteiger partial charge < -0.3 is 23.5 Å². The van der Waals surface area contributed by atoms with E-state index in [0.29, 0.717) is 62.2 Å². The van der Waals surface area contributed by atoms with Crippen molar-refractivity contribution in [3.05, 3.63) is 320 Å². The monoisotopic (exact) mass is 1160 g/mol. The maximum absolute atomic E-state index is 10.1. The van der Waals surface area contributed by atoms with Gasteiger partial charge in [-0.15, -0.1) is 0 Å². The van der Waals surface area contributed by atoms with Crippen molar-refractivity contribution < 1.29 is 24.2 Å². The van der Waals surface area contributed by atoms with Crippen LogP contribution in [-0.4, -0.2) is 4.57 Å². The average Bonchev–Trinajstić information content (AvgIpc) is 1.56. The molecule has 15 aromatic rings. The number of aromatic nitrogens is 1. The van der Waals surface area contributed by atoms with E-state index in [1.54, 1.807) is 16.7 Å². The van der Waals surface area contributed by atoms with E-state index >= 15 is 0 Å². The lowest BCUT2D eigenvalue weighted by atomic mass is 9.85. The Hall–Kier alpha value is -10.9. The van der Waals surface area contributed by atoms with Crippen LogP contribution in [0.15, 0.2) is 314 Å². The van der Waals surface area contributed by atoms with Gasteiger partial charge in [-0.3, -0.25) is 0 Å². The van der Waals surface area contributed by atoms with Crippen LogP contribution >= 0.6 is 11.6 Å². The SMILES string of the molecule is [2H]c1cc2c(c([2H])c1[2H])c1c([2H])c([2H])c([2H])c([2H])c1n2-c1ccc(N(c2cc(N(c3c(-c4ccccc4)cc(-c4ccccc4)cc3-c3ccccc3)c3c([2H])c([2H])c([2H])c(Cl)c3[2H])cc(C(C)(C)C)c2)c2cccc3c2oc2ccccc23)c(Oc2cccc(-c3ccccc3)c2)c1. The first-order valence-corrected chi connectivity index (χ1v) is 29.4. The second kappa shape index (κ2) is 22.5. The van der Waals surface area contributed by atoms with Crippen molar-refractivity contribution in [2.24, 2.45) is 0 Å². The minimum Gasteiger partial charge on any atom is -0.455 e. The summed E-state index contributed by atoms with van der Waals surface area (Å²) in [7, 11) is 0. The normalized spacial score (nSPS) is 13.4. The van der Waals surface area contributed by atoms with Gasteiger partial charge in [0.25, 0.3) is 0 Å². The van der Waals surface area contributed by atoms with Gasteiger partial charge in [0, 0.05) is 60.8 Å². The molecule has 15 rings (SSSR count). The second-order valence-corrected chi connectivity index (χ2v) is 23.0. The number of hydrogen-bond acceptors (Lipinski definition) is 4. The van der Waals surface area contributed by atoms with Gasteiger partial charge in [-0.25, -0.2) is 0 Å². The van der Waals surface area contributed by atoms with Gasteiger partial charge in [0.05, 0.1) is 48.9 Å². The fourth-order valence-corrected chi connectivity index (χ4v) is 12.0. The van der Waals surface area contributed by atoms with Crippen molar-refractivity contribution in [3.8, 4) is 61.7 Å². The molecule has 0 saturated carbocycles. The molecule has 422 valence electrons. The first kappa shape index (κ1) is 42.9. The van der Waals surface area contributed by atoms with E-state index in [9.17, 15) is 8.22 Å². The standard InChI is InChI=1S/C82H60ClN3O2/c1-82(2,3)61-50-65(84(63-35-23-34-62(83)52-63)80-72(57-29-12-6-13-30-57)48-60(56-27-10-5-11-28-56)49-73(80)58-31-14-7-15-32-58)53-66(51-61)86(77-43-24-40-71-70-39-18-21-44-78(70)88-81(71)77)76-46-45-64(85-74-41-19-16-37-68(74)69-38-17-20-42-75(69)85)54-79(76)87-67-36-22-33-59(47-67)55-25-8-4-9-26-55/h4-54H,1-3H3/i16D,17D,19D,20D,23D,34D,35D,37D,38D,41D,52D. The van der Waals surface area contributed by atoms with Gasteiger partial charge >= 0.3 is 0 Å². The lowest BCUT2D eigenvalue weighted by Gasteiger charge is -2.34. The molecule has 0 bridgehead atoms.